The van der Waals surface area contributed by atoms with E-state index in [0.717, 1.165) is 24.8 Å². The van der Waals surface area contributed by atoms with Crippen molar-refractivity contribution < 1.29 is 28.3 Å². The number of carbonyl (C=O) groups excluding carboxylic acids is 4. The first-order valence-electron chi connectivity index (χ1n) is 12.5. The van der Waals surface area contributed by atoms with Gasteiger partial charge in [0.25, 0.3) is 11.8 Å². The van der Waals surface area contributed by atoms with Crippen LogP contribution in [0.2, 0.25) is 5.02 Å². The van der Waals surface area contributed by atoms with Crippen molar-refractivity contribution in [2.45, 2.75) is 25.2 Å². The summed E-state index contributed by atoms with van der Waals surface area (Å²) < 4.78 is 18.0. The molecule has 1 unspecified atom stereocenters. The molecule has 1 saturated heterocycles. The second-order valence-corrected chi connectivity index (χ2v) is 10.4. The van der Waals surface area contributed by atoms with Crippen LogP contribution in [-0.2, 0) is 25.5 Å². The normalized spacial score (nSPS) is 17.2. The van der Waals surface area contributed by atoms with Gasteiger partial charge in [0.15, 0.2) is 0 Å². The Balaban J connectivity index is 1.53. The van der Waals surface area contributed by atoms with Gasteiger partial charge in [-0.25, -0.2) is 4.39 Å². The number of nitrogens with zero attached hydrogens (tertiary/aromatic N) is 3. The Morgan fingerprint density at radius 1 is 1.08 bits per heavy atom. The lowest BCUT2D eigenvalue weighted by Gasteiger charge is -2.32. The van der Waals surface area contributed by atoms with E-state index < -0.39 is 23.6 Å². The summed E-state index contributed by atoms with van der Waals surface area (Å²) in [7, 11) is 4.27. The smallest absolute Gasteiger partial charge is 0.325 e. The second kappa shape index (κ2) is 11.5. The van der Waals surface area contributed by atoms with Crippen LogP contribution >= 0.6 is 11.6 Å². The number of carbonyl (C=O) groups is 4. The number of halogens is 2. The molecule has 0 aliphatic carbocycles. The number of Topliss-reactive ketones (excluding diaryl/α,β-unsaturated/α-hetero) is 1. The fourth-order valence-corrected chi connectivity index (χ4v) is 5.38. The van der Waals surface area contributed by atoms with Gasteiger partial charge in [0.05, 0.1) is 23.6 Å². The van der Waals surface area contributed by atoms with E-state index in [-0.39, 0.29) is 35.4 Å². The van der Waals surface area contributed by atoms with Gasteiger partial charge in [0.2, 0.25) is 5.78 Å². The maximum atomic E-state index is 13.5. The molecule has 1 atom stereocenters. The minimum atomic E-state index is -0.838. The van der Waals surface area contributed by atoms with Crippen molar-refractivity contribution in [1.29, 1.82) is 0 Å². The zero-order valence-corrected chi connectivity index (χ0v) is 22.5. The Labute approximate surface area is 226 Å². The van der Waals surface area contributed by atoms with Crippen LogP contribution < -0.4 is 4.90 Å². The Morgan fingerprint density at radius 2 is 1.74 bits per heavy atom. The molecule has 2 aromatic carbocycles. The minimum absolute atomic E-state index is 0.103. The molecule has 0 radical (unpaired) electrons. The molecule has 10 heteroatoms. The largest absolute Gasteiger partial charge is 0.468 e. The van der Waals surface area contributed by atoms with Gasteiger partial charge in [0, 0.05) is 39.4 Å². The van der Waals surface area contributed by atoms with E-state index in [9.17, 15) is 23.6 Å². The summed E-state index contributed by atoms with van der Waals surface area (Å²) in [6.07, 6.45) is 2.43. The molecular weight excluding hydrogens is 513 g/mol. The van der Waals surface area contributed by atoms with Crippen LogP contribution in [0.25, 0.3) is 0 Å². The standard InChI is InChI=1S/C28H31ClFN3O5/c1-31(2)28(37)26(35)22-15-33(16-25(34)38-3)24-14-23(29)21(13-20(22)24)27(36)32-10-8-18(9-11-32)12-17-4-6-19(30)7-5-17/h4-7,13-14,18,22H,8-12,15-16H2,1-3H3. The van der Waals surface area contributed by atoms with E-state index in [1.807, 2.05) is 0 Å². The van der Waals surface area contributed by atoms with Gasteiger partial charge in [-0.1, -0.05) is 23.7 Å². The van der Waals surface area contributed by atoms with E-state index in [1.165, 1.54) is 38.2 Å². The lowest BCUT2D eigenvalue weighted by molar-refractivity contribution is -0.143. The third kappa shape index (κ3) is 5.83. The van der Waals surface area contributed by atoms with E-state index in [0.29, 0.717) is 30.3 Å². The third-order valence-corrected chi connectivity index (χ3v) is 7.60. The van der Waals surface area contributed by atoms with Crippen LogP contribution in [0, 0.1) is 11.7 Å². The van der Waals surface area contributed by atoms with Crippen molar-refractivity contribution in [1.82, 2.24) is 9.80 Å². The van der Waals surface area contributed by atoms with Crippen LogP contribution in [0.1, 0.15) is 40.2 Å². The molecule has 2 amide bonds. The Bertz CT molecular complexity index is 1240. The summed E-state index contributed by atoms with van der Waals surface area (Å²) in [4.78, 5) is 55.6. The highest BCUT2D eigenvalue weighted by molar-refractivity contribution is 6.39. The number of fused-ring (bicyclic) bond motifs is 1. The van der Waals surface area contributed by atoms with Crippen molar-refractivity contribution in [3.63, 3.8) is 0 Å². The van der Waals surface area contributed by atoms with E-state index in [4.69, 9.17) is 16.3 Å². The SMILES string of the molecule is COC(=O)CN1CC(C(=O)C(=O)N(C)C)c2cc(C(=O)N3CCC(Cc4ccc(F)cc4)CC3)c(Cl)cc21. The summed E-state index contributed by atoms with van der Waals surface area (Å²) in [6.45, 7) is 1.09. The number of rotatable bonds is 7. The van der Waals surface area contributed by atoms with Gasteiger partial charge in [-0.15, -0.1) is 0 Å². The summed E-state index contributed by atoms with van der Waals surface area (Å²) in [5.41, 5.74) is 2.35. The van der Waals surface area contributed by atoms with E-state index in [2.05, 4.69) is 0 Å². The van der Waals surface area contributed by atoms with Crippen molar-refractivity contribution in [2.75, 3.05) is 52.3 Å². The fraction of sp³-hybridized carbons (Fsp3) is 0.429. The Hall–Kier alpha value is -3.46. The maximum absolute atomic E-state index is 13.5. The maximum Gasteiger partial charge on any atom is 0.325 e. The number of hydrogen-bond donors (Lipinski definition) is 0. The molecule has 0 N–H and O–H groups in total. The monoisotopic (exact) mass is 543 g/mol. The number of benzene rings is 2. The number of esters is 1. The number of ether oxygens (including phenoxy) is 1. The van der Waals surface area contributed by atoms with Gasteiger partial charge in [-0.3, -0.25) is 19.2 Å². The summed E-state index contributed by atoms with van der Waals surface area (Å²) in [6, 6.07) is 9.68. The first-order valence-corrected chi connectivity index (χ1v) is 12.9. The van der Waals surface area contributed by atoms with Gasteiger partial charge in [-0.2, -0.15) is 0 Å². The second-order valence-electron chi connectivity index (χ2n) is 10.0. The first-order chi connectivity index (χ1) is 18.1. The zero-order chi connectivity index (χ0) is 27.6. The molecule has 2 aliphatic heterocycles. The van der Waals surface area contributed by atoms with Gasteiger partial charge in [-0.05, 0) is 60.6 Å². The number of likely N-dealkylation sites (tertiary alicyclic amines) is 1. The highest BCUT2D eigenvalue weighted by atomic mass is 35.5. The van der Waals surface area contributed by atoms with Crippen LogP contribution in [0.3, 0.4) is 0 Å². The number of piperidine rings is 1. The topological polar surface area (TPSA) is 87.2 Å². The fourth-order valence-electron chi connectivity index (χ4n) is 5.14. The lowest BCUT2D eigenvalue weighted by atomic mass is 9.89. The number of ketones is 1. The predicted octanol–water partition coefficient (Wildman–Crippen LogP) is 3.31. The van der Waals surface area contributed by atoms with E-state index >= 15 is 0 Å². The Kier molecular flexibility index (Phi) is 8.35. The molecule has 0 bridgehead atoms. The average Bonchev–Trinajstić information content (AvgIpc) is 3.25. The molecule has 8 nitrogen and oxygen atoms in total. The van der Waals surface area contributed by atoms with Crippen LogP contribution in [0.4, 0.5) is 10.1 Å². The highest BCUT2D eigenvalue weighted by Gasteiger charge is 2.39. The number of likely N-dealkylation sites (N-methyl/N-ethyl adjacent to an activating group) is 1. The predicted molar refractivity (Wildman–Crippen MR) is 141 cm³/mol. The Morgan fingerprint density at radius 3 is 2.34 bits per heavy atom. The molecule has 0 spiro atoms. The lowest BCUT2D eigenvalue weighted by Crippen LogP contribution is -2.39. The van der Waals surface area contributed by atoms with Crippen LogP contribution in [-0.4, -0.2) is 80.8 Å². The first kappa shape index (κ1) is 27.6. The molecule has 0 saturated carbocycles. The van der Waals surface area contributed by atoms with E-state index in [1.54, 1.807) is 34.1 Å². The zero-order valence-electron chi connectivity index (χ0n) is 21.7. The molecule has 0 aromatic heterocycles. The average molecular weight is 544 g/mol. The van der Waals surface area contributed by atoms with Gasteiger partial charge in [0.1, 0.15) is 12.4 Å². The molecule has 1 fully saturated rings. The van der Waals surface area contributed by atoms with Crippen LogP contribution in [0.5, 0.6) is 0 Å². The minimum Gasteiger partial charge on any atom is -0.468 e. The molecule has 38 heavy (non-hydrogen) atoms. The number of anilines is 1. The van der Waals surface area contributed by atoms with Crippen molar-refractivity contribution in [3.05, 3.63) is 63.9 Å². The number of hydrogen-bond acceptors (Lipinski definition) is 6. The number of methoxy groups -OCH3 is 1. The molecule has 2 aromatic rings. The third-order valence-electron chi connectivity index (χ3n) is 7.29. The molecule has 2 heterocycles. The quantitative estimate of drug-likeness (QED) is 0.393. The van der Waals surface area contributed by atoms with Gasteiger partial charge >= 0.3 is 5.97 Å². The van der Waals surface area contributed by atoms with Crippen molar-refractivity contribution >= 4 is 40.9 Å². The molecular formula is C28H31ClFN3O5. The van der Waals surface area contributed by atoms with Crippen LogP contribution in [0.15, 0.2) is 36.4 Å². The van der Waals surface area contributed by atoms with Crippen molar-refractivity contribution in [2.24, 2.45) is 5.92 Å². The highest BCUT2D eigenvalue weighted by Crippen LogP contribution is 2.41. The number of amides is 2. The molecule has 4 rings (SSSR count). The van der Waals surface area contributed by atoms with Gasteiger partial charge < -0.3 is 19.4 Å². The van der Waals surface area contributed by atoms with Crippen molar-refractivity contribution in [3.8, 4) is 0 Å². The molecule has 202 valence electrons. The summed E-state index contributed by atoms with van der Waals surface area (Å²) in [5.74, 6) is -2.74. The molecule has 2 aliphatic rings. The summed E-state index contributed by atoms with van der Waals surface area (Å²) in [5, 5.41) is 0.212. The summed E-state index contributed by atoms with van der Waals surface area (Å²) >= 11 is 6.57.